The average Bonchev–Trinajstić information content (AvgIpc) is 3.20. The van der Waals surface area contributed by atoms with Crippen LogP contribution in [0.25, 0.3) is 0 Å². The quantitative estimate of drug-likeness (QED) is 0.833. The highest BCUT2D eigenvalue weighted by molar-refractivity contribution is 7.88. The monoisotopic (exact) mass is 354 g/mol. The molecule has 0 unspecified atom stereocenters. The lowest BCUT2D eigenvalue weighted by molar-refractivity contribution is 0.0950. The lowest BCUT2D eigenvalue weighted by Gasteiger charge is -2.26. The number of carbonyl (C=O) groups excluding carboxylic acids is 1. The Balaban J connectivity index is 1.57. The fourth-order valence-electron chi connectivity index (χ4n) is 3.23. The first-order valence-corrected chi connectivity index (χ1v) is 9.94. The van der Waals surface area contributed by atoms with E-state index in [2.05, 4.69) is 5.32 Å². The van der Waals surface area contributed by atoms with E-state index in [1.807, 2.05) is 0 Å². The molecule has 1 aromatic carbocycles. The van der Waals surface area contributed by atoms with Crippen molar-refractivity contribution in [3.8, 4) is 11.5 Å². The second kappa shape index (κ2) is 6.98. The Kier molecular flexibility index (Phi) is 4.96. The smallest absolute Gasteiger partial charge is 0.251 e. The molecule has 3 rings (SSSR count). The Hall–Kier alpha value is -1.80. The molecule has 0 spiro atoms. The highest BCUT2D eigenvalue weighted by Gasteiger charge is 2.28. The molecule has 0 aromatic heterocycles. The molecule has 1 fully saturated rings. The molecule has 1 saturated carbocycles. The van der Waals surface area contributed by atoms with Gasteiger partial charge in [0.05, 0.1) is 6.26 Å². The third-order valence-corrected chi connectivity index (χ3v) is 5.74. The Bertz CT molecular complexity index is 713. The van der Waals surface area contributed by atoms with Crippen molar-refractivity contribution in [2.24, 2.45) is 0 Å². The Morgan fingerprint density at radius 3 is 2.67 bits per heavy atom. The lowest BCUT2D eigenvalue weighted by atomic mass is 10.2. The van der Waals surface area contributed by atoms with Gasteiger partial charge in [-0.25, -0.2) is 8.42 Å². The zero-order valence-electron chi connectivity index (χ0n) is 13.7. The highest BCUT2D eigenvalue weighted by Crippen LogP contribution is 2.32. The summed E-state index contributed by atoms with van der Waals surface area (Å²) in [6, 6.07) is 5.04. The molecule has 0 radical (unpaired) electrons. The van der Waals surface area contributed by atoms with Crippen LogP contribution in [0, 0.1) is 0 Å². The molecule has 1 heterocycles. The number of nitrogens with zero attached hydrogens (tertiary/aromatic N) is 1. The van der Waals surface area contributed by atoms with E-state index in [0.717, 1.165) is 25.7 Å². The van der Waals surface area contributed by atoms with Crippen molar-refractivity contribution in [3.05, 3.63) is 23.8 Å². The number of benzene rings is 1. The summed E-state index contributed by atoms with van der Waals surface area (Å²) in [5.74, 6) is 0.913. The van der Waals surface area contributed by atoms with E-state index in [4.69, 9.17) is 9.47 Å². The molecule has 8 heteroatoms. The summed E-state index contributed by atoms with van der Waals surface area (Å²) in [6.07, 6.45) is 5.12. The van der Waals surface area contributed by atoms with E-state index in [1.165, 1.54) is 10.6 Å². The van der Waals surface area contributed by atoms with Gasteiger partial charge >= 0.3 is 0 Å². The number of fused-ring (bicyclic) bond motifs is 1. The third kappa shape index (κ3) is 3.81. The second-order valence-corrected chi connectivity index (χ2v) is 8.07. The van der Waals surface area contributed by atoms with Crippen LogP contribution in [0.3, 0.4) is 0 Å². The molecule has 1 aromatic rings. The van der Waals surface area contributed by atoms with Crippen molar-refractivity contribution in [2.45, 2.75) is 31.7 Å². The topological polar surface area (TPSA) is 84.9 Å². The van der Waals surface area contributed by atoms with Crippen LogP contribution in [-0.2, 0) is 10.0 Å². The van der Waals surface area contributed by atoms with Crippen LogP contribution < -0.4 is 14.8 Å². The van der Waals surface area contributed by atoms with Gasteiger partial charge in [-0.3, -0.25) is 4.79 Å². The number of amides is 1. The number of rotatable bonds is 6. The number of hydrogen-bond acceptors (Lipinski definition) is 5. The number of carbonyl (C=O) groups is 1. The van der Waals surface area contributed by atoms with Crippen LogP contribution in [0.15, 0.2) is 18.2 Å². The standard InChI is InChI=1S/C16H22N2O5S/c1-24(20,21)18(13-4-2-3-5-13)9-8-17-16(19)12-6-7-14-15(10-12)23-11-22-14/h6-7,10,13H,2-5,8-9,11H2,1H3,(H,17,19). The van der Waals surface area contributed by atoms with Crippen molar-refractivity contribution in [2.75, 3.05) is 26.1 Å². The maximum atomic E-state index is 12.2. The molecule has 132 valence electrons. The lowest BCUT2D eigenvalue weighted by Crippen LogP contribution is -2.43. The van der Waals surface area contributed by atoms with Crippen molar-refractivity contribution in [3.63, 3.8) is 0 Å². The number of nitrogens with one attached hydrogen (secondary N) is 1. The molecule has 1 amide bonds. The van der Waals surface area contributed by atoms with E-state index < -0.39 is 10.0 Å². The van der Waals surface area contributed by atoms with Crippen molar-refractivity contribution >= 4 is 15.9 Å². The van der Waals surface area contributed by atoms with Crippen LogP contribution in [0.5, 0.6) is 11.5 Å². The number of ether oxygens (including phenoxy) is 2. The molecule has 1 aliphatic heterocycles. The molecule has 2 aliphatic rings. The van der Waals surface area contributed by atoms with Crippen LogP contribution in [0.2, 0.25) is 0 Å². The summed E-state index contributed by atoms with van der Waals surface area (Å²) in [7, 11) is -3.27. The van der Waals surface area contributed by atoms with Crippen molar-refractivity contribution in [1.29, 1.82) is 0 Å². The number of hydrogen-bond donors (Lipinski definition) is 1. The molecule has 24 heavy (non-hydrogen) atoms. The van der Waals surface area contributed by atoms with Gasteiger partial charge < -0.3 is 14.8 Å². The molecular formula is C16H22N2O5S. The van der Waals surface area contributed by atoms with E-state index in [0.29, 0.717) is 23.6 Å². The first-order chi connectivity index (χ1) is 11.4. The SMILES string of the molecule is CS(=O)(=O)N(CCNC(=O)c1ccc2c(c1)OCO2)C1CCCC1. The fourth-order valence-corrected chi connectivity index (χ4v) is 4.41. The summed E-state index contributed by atoms with van der Waals surface area (Å²) >= 11 is 0. The largest absolute Gasteiger partial charge is 0.454 e. The molecule has 0 bridgehead atoms. The van der Waals surface area contributed by atoms with E-state index >= 15 is 0 Å². The fraction of sp³-hybridized carbons (Fsp3) is 0.562. The maximum Gasteiger partial charge on any atom is 0.251 e. The highest BCUT2D eigenvalue weighted by atomic mass is 32.2. The van der Waals surface area contributed by atoms with Crippen molar-refractivity contribution < 1.29 is 22.7 Å². The van der Waals surface area contributed by atoms with Gasteiger partial charge in [0, 0.05) is 24.7 Å². The normalized spacial score (nSPS) is 17.4. The van der Waals surface area contributed by atoms with Gasteiger partial charge in [-0.15, -0.1) is 0 Å². The van der Waals surface area contributed by atoms with Gasteiger partial charge in [-0.05, 0) is 31.0 Å². The molecular weight excluding hydrogens is 332 g/mol. The average molecular weight is 354 g/mol. The zero-order valence-corrected chi connectivity index (χ0v) is 14.5. The second-order valence-electron chi connectivity index (χ2n) is 6.14. The molecule has 0 atom stereocenters. The predicted octanol–water partition coefficient (Wildman–Crippen LogP) is 1.35. The predicted molar refractivity (Wildman–Crippen MR) is 88.7 cm³/mol. The van der Waals surface area contributed by atoms with Gasteiger partial charge in [-0.1, -0.05) is 12.8 Å². The zero-order chi connectivity index (χ0) is 17.2. The summed E-state index contributed by atoms with van der Waals surface area (Å²) in [6.45, 7) is 0.724. The summed E-state index contributed by atoms with van der Waals surface area (Å²) in [5, 5.41) is 2.77. The van der Waals surface area contributed by atoms with E-state index in [-0.39, 0.29) is 25.3 Å². The van der Waals surface area contributed by atoms with Gasteiger partial charge in [0.25, 0.3) is 5.91 Å². The minimum Gasteiger partial charge on any atom is -0.454 e. The third-order valence-electron chi connectivity index (χ3n) is 4.41. The van der Waals surface area contributed by atoms with Gasteiger partial charge in [-0.2, -0.15) is 4.31 Å². The Labute approximate surface area is 142 Å². The first kappa shape index (κ1) is 17.0. The van der Waals surface area contributed by atoms with Crippen LogP contribution in [-0.4, -0.2) is 50.8 Å². The van der Waals surface area contributed by atoms with E-state index in [9.17, 15) is 13.2 Å². The van der Waals surface area contributed by atoms with Gasteiger partial charge in [0.1, 0.15) is 0 Å². The molecule has 7 nitrogen and oxygen atoms in total. The van der Waals surface area contributed by atoms with Crippen LogP contribution in [0.1, 0.15) is 36.0 Å². The van der Waals surface area contributed by atoms with E-state index in [1.54, 1.807) is 18.2 Å². The Morgan fingerprint density at radius 2 is 1.96 bits per heavy atom. The van der Waals surface area contributed by atoms with Crippen molar-refractivity contribution in [1.82, 2.24) is 9.62 Å². The Morgan fingerprint density at radius 1 is 1.25 bits per heavy atom. The minimum atomic E-state index is -3.27. The van der Waals surface area contributed by atoms with Crippen LogP contribution >= 0.6 is 0 Å². The van der Waals surface area contributed by atoms with Gasteiger partial charge in [0.2, 0.25) is 16.8 Å². The van der Waals surface area contributed by atoms with Gasteiger partial charge in [0.15, 0.2) is 11.5 Å². The molecule has 0 saturated heterocycles. The number of sulfonamides is 1. The summed E-state index contributed by atoms with van der Waals surface area (Å²) in [5.41, 5.74) is 0.464. The maximum absolute atomic E-state index is 12.2. The molecule has 1 aliphatic carbocycles. The minimum absolute atomic E-state index is 0.0578. The summed E-state index contributed by atoms with van der Waals surface area (Å²) in [4.78, 5) is 12.2. The first-order valence-electron chi connectivity index (χ1n) is 8.10. The van der Waals surface area contributed by atoms with Crippen LogP contribution in [0.4, 0.5) is 0 Å². The summed E-state index contributed by atoms with van der Waals surface area (Å²) < 4.78 is 35.9. The molecule has 1 N–H and O–H groups in total.